The number of hydrogen-bond acceptors (Lipinski definition) is 4. The molecule has 0 unspecified atom stereocenters. The van der Waals surface area contributed by atoms with Gasteiger partial charge in [-0.15, -0.1) is 4.68 Å². The van der Waals surface area contributed by atoms with Gasteiger partial charge >= 0.3 is 0 Å². The van der Waals surface area contributed by atoms with E-state index in [1.807, 2.05) is 23.1 Å². The van der Waals surface area contributed by atoms with Crippen LogP contribution in [0.2, 0.25) is 0 Å². The molecule has 118 valence electrons. The van der Waals surface area contributed by atoms with Crippen molar-refractivity contribution < 1.29 is 14.3 Å². The number of aryl methyl sites for hydroxylation is 1. The first kappa shape index (κ1) is 13.9. The van der Waals surface area contributed by atoms with Gasteiger partial charge in [-0.25, -0.2) is 4.98 Å². The van der Waals surface area contributed by atoms with Crippen molar-refractivity contribution >= 4 is 22.6 Å². The predicted octanol–water partition coefficient (Wildman–Crippen LogP) is 0.407. The first-order chi connectivity index (χ1) is 11.2. The first-order valence-corrected chi connectivity index (χ1v) is 7.80. The fourth-order valence-electron chi connectivity index (χ4n) is 3.24. The summed E-state index contributed by atoms with van der Waals surface area (Å²) in [7, 11) is 1.67. The number of aromatic nitrogens is 4. The number of hydrogen-bond donors (Lipinski definition) is 0. The van der Waals surface area contributed by atoms with E-state index in [4.69, 9.17) is 0 Å². The highest BCUT2D eigenvalue weighted by Gasteiger charge is 2.28. The monoisotopic (exact) mass is 311 g/mol. The summed E-state index contributed by atoms with van der Waals surface area (Å²) in [6.07, 6.45) is 3.16. The van der Waals surface area contributed by atoms with Crippen LogP contribution < -0.4 is 9.51 Å². The molecule has 1 saturated heterocycles. The fraction of sp³-hybridized carbons (Fsp3) is 0.375. The molecule has 7 heteroatoms. The summed E-state index contributed by atoms with van der Waals surface area (Å²) in [6.45, 7) is 1.48. The second-order valence-electron chi connectivity index (χ2n) is 5.87. The van der Waals surface area contributed by atoms with Gasteiger partial charge < -0.3 is 10.0 Å². The molecule has 0 atom stereocenters. The molecule has 1 aromatic carbocycles. The summed E-state index contributed by atoms with van der Waals surface area (Å²) in [5.41, 5.74) is 2.03. The molecule has 2 aromatic heterocycles. The van der Waals surface area contributed by atoms with Gasteiger partial charge in [0.05, 0.1) is 7.05 Å². The molecule has 7 nitrogen and oxygen atoms in total. The number of carbonyl (C=O) groups is 1. The molecule has 0 radical (unpaired) electrons. The Morgan fingerprint density at radius 3 is 2.74 bits per heavy atom. The SMILES string of the molecule is Cn1nc([O-])[n+]2c3ccccc3nc(C(=O)N3CCCCC3)c12. The minimum atomic E-state index is -0.395. The van der Waals surface area contributed by atoms with E-state index in [2.05, 4.69) is 10.1 Å². The molecule has 23 heavy (non-hydrogen) atoms. The summed E-state index contributed by atoms with van der Waals surface area (Å²) < 4.78 is 2.92. The number of fused-ring (bicyclic) bond motifs is 3. The molecule has 1 aliphatic rings. The molecule has 0 N–H and O–H groups in total. The minimum Gasteiger partial charge on any atom is -0.817 e. The Bertz CT molecular complexity index is 912. The highest BCUT2D eigenvalue weighted by molar-refractivity contribution is 5.98. The molecule has 0 saturated carbocycles. The Hall–Kier alpha value is -2.70. The summed E-state index contributed by atoms with van der Waals surface area (Å²) in [6, 6.07) is 6.91. The van der Waals surface area contributed by atoms with Crippen molar-refractivity contribution in [2.24, 2.45) is 7.05 Å². The maximum absolute atomic E-state index is 12.9. The molecular formula is C16H17N5O2. The second-order valence-corrected chi connectivity index (χ2v) is 5.87. The Morgan fingerprint density at radius 2 is 1.96 bits per heavy atom. The van der Waals surface area contributed by atoms with Crippen LogP contribution in [0.1, 0.15) is 29.8 Å². The molecular weight excluding hydrogens is 294 g/mol. The number of piperidine rings is 1. The van der Waals surface area contributed by atoms with Crippen LogP contribution in [-0.2, 0) is 7.05 Å². The largest absolute Gasteiger partial charge is 0.817 e. The number of likely N-dealkylation sites (tertiary alicyclic amines) is 1. The Labute approximate surface area is 132 Å². The van der Waals surface area contributed by atoms with E-state index >= 15 is 0 Å². The van der Waals surface area contributed by atoms with Gasteiger partial charge in [-0.3, -0.25) is 4.79 Å². The molecule has 0 aliphatic carbocycles. The zero-order valence-corrected chi connectivity index (χ0v) is 12.9. The maximum Gasteiger partial charge on any atom is 0.296 e. The standard InChI is InChI=1S/C16H17N5O2/c1-19-14-13(15(22)20-9-5-2-6-10-20)17-11-7-3-4-8-12(11)21(14)16(23)18-19/h3-4,7-8H,2,5-6,9-10H2,1H3. The van der Waals surface area contributed by atoms with E-state index in [1.54, 1.807) is 13.1 Å². The number of amides is 1. The van der Waals surface area contributed by atoms with E-state index < -0.39 is 6.01 Å². The first-order valence-electron chi connectivity index (χ1n) is 7.80. The quantitative estimate of drug-likeness (QED) is 0.610. The van der Waals surface area contributed by atoms with Crippen LogP contribution >= 0.6 is 0 Å². The summed E-state index contributed by atoms with van der Waals surface area (Å²) in [4.78, 5) is 19.3. The molecule has 3 heterocycles. The number of carbonyl (C=O) groups excluding carboxylic acids is 1. The van der Waals surface area contributed by atoms with Crippen LogP contribution in [0, 0.1) is 0 Å². The van der Waals surface area contributed by atoms with Gasteiger partial charge in [-0.1, -0.05) is 12.1 Å². The molecule has 4 rings (SSSR count). The summed E-state index contributed by atoms with van der Waals surface area (Å²) in [5, 5.41) is 16.2. The third kappa shape index (κ3) is 2.11. The minimum absolute atomic E-state index is 0.129. The van der Waals surface area contributed by atoms with E-state index in [-0.39, 0.29) is 5.91 Å². The van der Waals surface area contributed by atoms with Crippen molar-refractivity contribution in [1.82, 2.24) is 19.7 Å². The summed E-state index contributed by atoms with van der Waals surface area (Å²) >= 11 is 0. The highest BCUT2D eigenvalue weighted by Crippen LogP contribution is 2.18. The van der Waals surface area contributed by atoms with Crippen LogP contribution in [0.4, 0.5) is 0 Å². The van der Waals surface area contributed by atoms with Gasteiger partial charge in [-0.2, -0.15) is 4.40 Å². The third-order valence-electron chi connectivity index (χ3n) is 4.36. The predicted molar refractivity (Wildman–Crippen MR) is 80.9 cm³/mol. The molecule has 1 aliphatic heterocycles. The van der Waals surface area contributed by atoms with Crippen molar-refractivity contribution in [2.45, 2.75) is 19.3 Å². The Morgan fingerprint density at radius 1 is 1.22 bits per heavy atom. The van der Waals surface area contributed by atoms with E-state index in [9.17, 15) is 9.90 Å². The van der Waals surface area contributed by atoms with Gasteiger partial charge in [0.25, 0.3) is 11.6 Å². The van der Waals surface area contributed by atoms with Crippen molar-refractivity contribution in [2.75, 3.05) is 13.1 Å². The van der Waals surface area contributed by atoms with Crippen LogP contribution in [0.5, 0.6) is 6.01 Å². The van der Waals surface area contributed by atoms with Gasteiger partial charge in [0.1, 0.15) is 11.0 Å². The lowest BCUT2D eigenvalue weighted by Crippen LogP contribution is -2.38. The second kappa shape index (κ2) is 5.19. The smallest absolute Gasteiger partial charge is 0.296 e. The van der Waals surface area contributed by atoms with Gasteiger partial charge in [0.15, 0.2) is 0 Å². The van der Waals surface area contributed by atoms with E-state index in [0.717, 1.165) is 32.4 Å². The molecule has 0 spiro atoms. The van der Waals surface area contributed by atoms with Crippen LogP contribution in [0.25, 0.3) is 16.7 Å². The van der Waals surface area contributed by atoms with E-state index in [1.165, 1.54) is 9.08 Å². The van der Waals surface area contributed by atoms with Crippen molar-refractivity contribution in [3.05, 3.63) is 30.0 Å². The average Bonchev–Trinajstić information content (AvgIpc) is 2.89. The normalized spacial score (nSPS) is 15.4. The van der Waals surface area contributed by atoms with Crippen LogP contribution in [-0.4, -0.2) is 38.7 Å². The molecule has 1 amide bonds. The topological polar surface area (TPSA) is 78.2 Å². The Balaban J connectivity index is 1.99. The number of nitrogens with zero attached hydrogens (tertiary/aromatic N) is 5. The lowest BCUT2D eigenvalue weighted by Gasteiger charge is -2.26. The third-order valence-corrected chi connectivity index (χ3v) is 4.36. The van der Waals surface area contributed by atoms with Crippen LogP contribution in [0.3, 0.4) is 0 Å². The van der Waals surface area contributed by atoms with Crippen molar-refractivity contribution in [3.63, 3.8) is 0 Å². The van der Waals surface area contributed by atoms with Gasteiger partial charge in [0.2, 0.25) is 11.7 Å². The molecule has 3 aromatic rings. The number of benzene rings is 1. The van der Waals surface area contributed by atoms with E-state index in [0.29, 0.717) is 22.4 Å². The highest BCUT2D eigenvalue weighted by atomic mass is 16.3. The van der Waals surface area contributed by atoms with Gasteiger partial charge in [0, 0.05) is 18.2 Å². The number of rotatable bonds is 1. The molecule has 0 bridgehead atoms. The average molecular weight is 311 g/mol. The lowest BCUT2D eigenvalue weighted by atomic mass is 10.1. The fourth-order valence-corrected chi connectivity index (χ4v) is 3.24. The zero-order valence-electron chi connectivity index (χ0n) is 12.9. The van der Waals surface area contributed by atoms with Crippen LogP contribution in [0.15, 0.2) is 24.3 Å². The number of para-hydroxylation sites is 2. The Kier molecular flexibility index (Phi) is 3.14. The van der Waals surface area contributed by atoms with Crippen molar-refractivity contribution in [1.29, 1.82) is 0 Å². The zero-order chi connectivity index (χ0) is 16.0. The maximum atomic E-state index is 12.9. The summed E-state index contributed by atoms with van der Waals surface area (Å²) in [5.74, 6) is -0.129. The van der Waals surface area contributed by atoms with Crippen molar-refractivity contribution in [3.8, 4) is 6.01 Å². The molecule has 1 fully saturated rings. The lowest BCUT2D eigenvalue weighted by molar-refractivity contribution is -0.565. The van der Waals surface area contributed by atoms with Gasteiger partial charge in [-0.05, 0) is 31.4 Å².